The van der Waals surface area contributed by atoms with Crippen molar-refractivity contribution < 1.29 is 4.79 Å². The van der Waals surface area contributed by atoms with E-state index in [0.29, 0.717) is 16.6 Å². The minimum Gasteiger partial charge on any atom is -0.399 e. The Bertz CT molecular complexity index is 633. The van der Waals surface area contributed by atoms with E-state index < -0.39 is 5.91 Å². The number of fused-ring (bicyclic) bond motifs is 1. The molecule has 4 N–H and O–H groups in total. The highest BCUT2D eigenvalue weighted by Crippen LogP contribution is 2.10. The summed E-state index contributed by atoms with van der Waals surface area (Å²) in [5, 5.41) is 0.442. The van der Waals surface area contributed by atoms with E-state index in [0.717, 1.165) is 0 Å². The minimum absolute atomic E-state index is 0.107. The van der Waals surface area contributed by atoms with Gasteiger partial charge in [0.1, 0.15) is 0 Å². The van der Waals surface area contributed by atoms with Crippen LogP contribution < -0.4 is 17.0 Å². The molecule has 88 valence electrons. The molecule has 1 amide bonds. The summed E-state index contributed by atoms with van der Waals surface area (Å²) in [6.45, 7) is 0.228. The van der Waals surface area contributed by atoms with Crippen LogP contribution in [0.4, 0.5) is 5.69 Å². The summed E-state index contributed by atoms with van der Waals surface area (Å²) in [4.78, 5) is 26.8. The fourth-order valence-corrected chi connectivity index (χ4v) is 1.57. The number of nitrogens with zero attached hydrogens (tertiary/aromatic N) is 2. The standard InChI is InChI=1S/C11H12N4O2/c12-7-1-2-9-8(5-7)11(17)15(6-14-9)4-3-10(13)16/h1-2,5-6H,3-4,12H2,(H2,13,16). The number of aryl methyl sites for hydroxylation is 1. The molecule has 0 aliphatic rings. The summed E-state index contributed by atoms with van der Waals surface area (Å²) >= 11 is 0. The molecule has 0 spiro atoms. The van der Waals surface area contributed by atoms with E-state index in [4.69, 9.17) is 11.5 Å². The predicted molar refractivity (Wildman–Crippen MR) is 64.2 cm³/mol. The third-order valence-corrected chi connectivity index (χ3v) is 2.45. The maximum atomic E-state index is 12.0. The lowest BCUT2D eigenvalue weighted by molar-refractivity contribution is -0.118. The lowest BCUT2D eigenvalue weighted by atomic mass is 10.2. The van der Waals surface area contributed by atoms with Gasteiger partial charge in [-0.15, -0.1) is 0 Å². The summed E-state index contributed by atoms with van der Waals surface area (Å²) in [5.74, 6) is -0.454. The number of carbonyl (C=O) groups is 1. The Kier molecular flexibility index (Phi) is 2.78. The van der Waals surface area contributed by atoms with Crippen molar-refractivity contribution in [2.75, 3.05) is 5.73 Å². The Morgan fingerprint density at radius 3 is 2.88 bits per heavy atom. The monoisotopic (exact) mass is 232 g/mol. The molecular formula is C11H12N4O2. The van der Waals surface area contributed by atoms with E-state index in [-0.39, 0.29) is 18.5 Å². The van der Waals surface area contributed by atoms with Crippen molar-refractivity contribution in [3.63, 3.8) is 0 Å². The van der Waals surface area contributed by atoms with E-state index >= 15 is 0 Å². The van der Waals surface area contributed by atoms with Gasteiger partial charge in [0.2, 0.25) is 5.91 Å². The highest BCUT2D eigenvalue weighted by atomic mass is 16.1. The van der Waals surface area contributed by atoms with E-state index in [9.17, 15) is 9.59 Å². The number of carbonyl (C=O) groups excluding carboxylic acids is 1. The zero-order valence-corrected chi connectivity index (χ0v) is 9.09. The Labute approximate surface area is 96.9 Å². The molecule has 2 rings (SSSR count). The van der Waals surface area contributed by atoms with Gasteiger partial charge in [-0.05, 0) is 18.2 Å². The van der Waals surface area contributed by atoms with Crippen molar-refractivity contribution in [1.82, 2.24) is 9.55 Å². The van der Waals surface area contributed by atoms with Crippen LogP contribution in [0.15, 0.2) is 29.3 Å². The van der Waals surface area contributed by atoms with Crippen LogP contribution in [0.2, 0.25) is 0 Å². The fourth-order valence-electron chi connectivity index (χ4n) is 1.57. The molecule has 6 nitrogen and oxygen atoms in total. The van der Waals surface area contributed by atoms with Gasteiger partial charge in [0.15, 0.2) is 0 Å². The zero-order chi connectivity index (χ0) is 12.4. The first-order valence-electron chi connectivity index (χ1n) is 5.11. The normalized spacial score (nSPS) is 10.6. The van der Waals surface area contributed by atoms with Crippen LogP contribution in [0.5, 0.6) is 0 Å². The maximum absolute atomic E-state index is 12.0. The second-order valence-electron chi connectivity index (χ2n) is 3.74. The molecule has 1 heterocycles. The highest BCUT2D eigenvalue weighted by Gasteiger charge is 2.05. The second-order valence-corrected chi connectivity index (χ2v) is 3.74. The molecule has 0 unspecified atom stereocenters. The molecule has 0 aliphatic carbocycles. The number of amides is 1. The van der Waals surface area contributed by atoms with Crippen LogP contribution in [0.3, 0.4) is 0 Å². The number of nitrogens with two attached hydrogens (primary N) is 2. The van der Waals surface area contributed by atoms with Gasteiger partial charge < -0.3 is 11.5 Å². The number of rotatable bonds is 3. The summed E-state index contributed by atoms with van der Waals surface area (Å²) in [7, 11) is 0. The number of primary amides is 1. The molecule has 6 heteroatoms. The lowest BCUT2D eigenvalue weighted by Crippen LogP contribution is -2.23. The molecule has 17 heavy (non-hydrogen) atoms. The van der Waals surface area contributed by atoms with Gasteiger partial charge in [-0.25, -0.2) is 4.98 Å². The van der Waals surface area contributed by atoms with Gasteiger partial charge in [0.05, 0.1) is 17.2 Å². The van der Waals surface area contributed by atoms with Gasteiger partial charge >= 0.3 is 0 Å². The number of hydrogen-bond donors (Lipinski definition) is 2. The fraction of sp³-hybridized carbons (Fsp3) is 0.182. The molecule has 0 saturated heterocycles. The molecule has 1 aromatic heterocycles. The second kappa shape index (κ2) is 4.25. The van der Waals surface area contributed by atoms with Crippen molar-refractivity contribution in [2.45, 2.75) is 13.0 Å². The Hall–Kier alpha value is -2.37. The topological polar surface area (TPSA) is 104 Å². The molecule has 0 aliphatic heterocycles. The van der Waals surface area contributed by atoms with Crippen LogP contribution in [0.1, 0.15) is 6.42 Å². The molecule has 1 aromatic carbocycles. The van der Waals surface area contributed by atoms with E-state index in [1.165, 1.54) is 10.9 Å². The lowest BCUT2D eigenvalue weighted by Gasteiger charge is -2.05. The van der Waals surface area contributed by atoms with Crippen molar-refractivity contribution >= 4 is 22.5 Å². The van der Waals surface area contributed by atoms with Gasteiger partial charge in [-0.2, -0.15) is 0 Å². The first kappa shape index (κ1) is 11.1. The van der Waals surface area contributed by atoms with Crippen molar-refractivity contribution in [3.05, 3.63) is 34.9 Å². The van der Waals surface area contributed by atoms with Crippen LogP contribution >= 0.6 is 0 Å². The minimum atomic E-state index is -0.454. The molecule has 0 saturated carbocycles. The summed E-state index contributed by atoms with van der Waals surface area (Å²) in [6.07, 6.45) is 1.51. The number of hydrogen-bond acceptors (Lipinski definition) is 4. The van der Waals surface area contributed by atoms with Gasteiger partial charge in [0.25, 0.3) is 5.56 Å². The third kappa shape index (κ3) is 2.25. The average Bonchev–Trinajstić information content (AvgIpc) is 2.29. The van der Waals surface area contributed by atoms with Crippen molar-refractivity contribution in [3.8, 4) is 0 Å². The van der Waals surface area contributed by atoms with Crippen molar-refractivity contribution in [2.24, 2.45) is 5.73 Å². The SMILES string of the molecule is NC(=O)CCn1cnc2ccc(N)cc2c1=O. The van der Waals surface area contributed by atoms with E-state index in [1.54, 1.807) is 18.2 Å². The summed E-state index contributed by atoms with van der Waals surface area (Å²) in [6, 6.07) is 4.94. The largest absolute Gasteiger partial charge is 0.399 e. The Morgan fingerprint density at radius 2 is 2.18 bits per heavy atom. The van der Waals surface area contributed by atoms with Crippen molar-refractivity contribution in [1.29, 1.82) is 0 Å². The van der Waals surface area contributed by atoms with Gasteiger partial charge in [-0.1, -0.05) is 0 Å². The maximum Gasteiger partial charge on any atom is 0.261 e. The molecule has 0 bridgehead atoms. The molecular weight excluding hydrogens is 220 g/mol. The number of nitrogen functional groups attached to an aromatic ring is 1. The average molecular weight is 232 g/mol. The summed E-state index contributed by atoms with van der Waals surface area (Å²) < 4.78 is 1.35. The number of anilines is 1. The van der Waals surface area contributed by atoms with Crippen LogP contribution in [0, 0.1) is 0 Å². The Morgan fingerprint density at radius 1 is 1.41 bits per heavy atom. The molecule has 2 aromatic rings. The molecule has 0 radical (unpaired) electrons. The van der Waals surface area contributed by atoms with Gasteiger partial charge in [0, 0.05) is 18.7 Å². The van der Waals surface area contributed by atoms with Crippen LogP contribution in [-0.2, 0) is 11.3 Å². The number of aromatic nitrogens is 2. The van der Waals surface area contributed by atoms with Crippen LogP contribution in [-0.4, -0.2) is 15.5 Å². The smallest absolute Gasteiger partial charge is 0.261 e. The predicted octanol–water partition coefficient (Wildman–Crippen LogP) is -0.146. The quantitative estimate of drug-likeness (QED) is 0.718. The first-order chi connectivity index (χ1) is 8.08. The Balaban J connectivity index is 2.49. The third-order valence-electron chi connectivity index (χ3n) is 2.45. The molecule has 0 atom stereocenters. The number of benzene rings is 1. The van der Waals surface area contributed by atoms with Crippen LogP contribution in [0.25, 0.3) is 10.9 Å². The van der Waals surface area contributed by atoms with E-state index in [2.05, 4.69) is 4.98 Å². The zero-order valence-electron chi connectivity index (χ0n) is 9.09. The van der Waals surface area contributed by atoms with Gasteiger partial charge in [-0.3, -0.25) is 14.2 Å². The first-order valence-corrected chi connectivity index (χ1v) is 5.11. The summed E-state index contributed by atoms with van der Waals surface area (Å²) in [5.41, 5.74) is 11.5. The highest BCUT2D eigenvalue weighted by molar-refractivity contribution is 5.80. The van der Waals surface area contributed by atoms with E-state index in [1.807, 2.05) is 0 Å². The molecule has 0 fully saturated rings.